The van der Waals surface area contributed by atoms with Crippen LogP contribution in [0, 0.1) is 11.6 Å². The summed E-state index contributed by atoms with van der Waals surface area (Å²) in [4.78, 5) is 29.3. The van der Waals surface area contributed by atoms with Crippen molar-refractivity contribution in [3.05, 3.63) is 59.7 Å². The molecule has 3 aliphatic heterocycles. The lowest BCUT2D eigenvalue weighted by atomic mass is 10.1. The first-order chi connectivity index (χ1) is 15.5. The third kappa shape index (κ3) is 3.15. The summed E-state index contributed by atoms with van der Waals surface area (Å²) >= 11 is 5.40. The van der Waals surface area contributed by atoms with Crippen molar-refractivity contribution in [1.29, 1.82) is 0 Å². The van der Waals surface area contributed by atoms with Gasteiger partial charge in [0, 0.05) is 0 Å². The molecule has 2 bridgehead atoms. The second-order valence-electron chi connectivity index (χ2n) is 8.23. The maximum atomic E-state index is 14.1. The molecule has 3 amide bonds. The molecule has 6 nitrogen and oxygen atoms in total. The van der Waals surface area contributed by atoms with E-state index in [1.54, 1.807) is 0 Å². The van der Waals surface area contributed by atoms with Crippen LogP contribution in [0.15, 0.2) is 42.5 Å². The Hall–Kier alpha value is -2.96. The summed E-state index contributed by atoms with van der Waals surface area (Å²) in [6.45, 7) is 0.609. The molecule has 3 aliphatic rings. The van der Waals surface area contributed by atoms with Gasteiger partial charge in [-0.2, -0.15) is 18.1 Å². The number of rotatable bonds is 3. The number of hydrogen-bond acceptors (Lipinski definition) is 4. The van der Waals surface area contributed by atoms with Crippen molar-refractivity contribution in [3.8, 4) is 0 Å². The minimum absolute atomic E-state index is 0.0294. The summed E-state index contributed by atoms with van der Waals surface area (Å²) in [5, 5.41) is 2.54. The number of quaternary nitrogens is 1. The highest BCUT2D eigenvalue weighted by molar-refractivity contribution is 7.80. The molecular weight excluding hydrogens is 467 g/mol. The second-order valence-corrected chi connectivity index (χ2v) is 8.67. The van der Waals surface area contributed by atoms with Crippen molar-refractivity contribution in [2.75, 3.05) is 30.0 Å². The van der Waals surface area contributed by atoms with Crippen LogP contribution in [0.2, 0.25) is 0 Å². The van der Waals surface area contributed by atoms with Gasteiger partial charge in [0.05, 0.1) is 24.3 Å². The minimum atomic E-state index is -4.65. The first-order valence-electron chi connectivity index (χ1n) is 9.94. The number of nitrogens with zero attached hydrogens (tertiary/aromatic N) is 3. The molecule has 3 fully saturated rings. The zero-order valence-corrected chi connectivity index (χ0v) is 17.6. The van der Waals surface area contributed by atoms with Crippen molar-refractivity contribution >= 4 is 40.5 Å². The number of halogens is 5. The van der Waals surface area contributed by atoms with Gasteiger partial charge >= 0.3 is 12.2 Å². The summed E-state index contributed by atoms with van der Waals surface area (Å²) < 4.78 is 67.3. The number of imide groups is 1. The van der Waals surface area contributed by atoms with E-state index in [2.05, 4.69) is 5.32 Å². The van der Waals surface area contributed by atoms with Crippen LogP contribution < -0.4 is 10.2 Å². The zero-order valence-electron chi connectivity index (χ0n) is 16.8. The molecule has 2 aromatic rings. The summed E-state index contributed by atoms with van der Waals surface area (Å²) in [5.74, 6) is -2.38. The number of urea groups is 1. The molecule has 3 heterocycles. The van der Waals surface area contributed by atoms with E-state index in [1.165, 1.54) is 12.1 Å². The largest absolute Gasteiger partial charge is 0.433 e. The van der Waals surface area contributed by atoms with Crippen LogP contribution in [-0.2, 0) is 11.0 Å². The van der Waals surface area contributed by atoms with Crippen LogP contribution in [0.5, 0.6) is 0 Å². The van der Waals surface area contributed by atoms with Gasteiger partial charge in [0.25, 0.3) is 5.91 Å². The van der Waals surface area contributed by atoms with Gasteiger partial charge in [-0.15, -0.1) is 0 Å². The van der Waals surface area contributed by atoms with Crippen molar-refractivity contribution in [2.24, 2.45) is 0 Å². The fourth-order valence-electron chi connectivity index (χ4n) is 4.92. The van der Waals surface area contributed by atoms with E-state index in [4.69, 9.17) is 12.2 Å². The van der Waals surface area contributed by atoms with Gasteiger partial charge in [-0.3, -0.25) is 4.79 Å². The van der Waals surface area contributed by atoms with Crippen LogP contribution in [0.3, 0.4) is 0 Å². The number of carbonyl (C=O) groups excluding carboxylic acids is 2. The first kappa shape index (κ1) is 21.9. The number of fused-ring (bicyclic) bond motifs is 1. The third-order valence-electron chi connectivity index (χ3n) is 6.41. The Kier molecular flexibility index (Phi) is 4.82. The average Bonchev–Trinajstić information content (AvgIpc) is 3.39. The van der Waals surface area contributed by atoms with Gasteiger partial charge in [0.1, 0.15) is 29.0 Å². The lowest BCUT2D eigenvalue weighted by Crippen LogP contribution is -2.63. The van der Waals surface area contributed by atoms with Crippen molar-refractivity contribution in [2.45, 2.75) is 18.3 Å². The van der Waals surface area contributed by atoms with Gasteiger partial charge in [-0.25, -0.2) is 23.0 Å². The molecule has 0 aliphatic carbocycles. The Morgan fingerprint density at radius 1 is 1.06 bits per heavy atom. The minimum Gasteiger partial charge on any atom is -0.340 e. The Bertz CT molecular complexity index is 1190. The number of alkyl halides is 3. The van der Waals surface area contributed by atoms with Crippen molar-refractivity contribution in [3.63, 3.8) is 0 Å². The fourth-order valence-corrected chi connectivity index (χ4v) is 5.29. The van der Waals surface area contributed by atoms with Gasteiger partial charge in [0.2, 0.25) is 0 Å². The van der Waals surface area contributed by atoms with E-state index in [9.17, 15) is 31.5 Å². The van der Waals surface area contributed by atoms with E-state index in [0.717, 1.165) is 35.2 Å². The summed E-state index contributed by atoms with van der Waals surface area (Å²) in [5.41, 5.74) is -1.64. The highest BCUT2D eigenvalue weighted by atomic mass is 32.1. The molecule has 12 heteroatoms. The number of carbonyl (C=O) groups is 2. The molecule has 1 N–H and O–H groups in total. The summed E-state index contributed by atoms with van der Waals surface area (Å²) in [7, 11) is 0. The number of benzene rings is 2. The predicted octanol–water partition coefficient (Wildman–Crippen LogP) is 3.73. The maximum absolute atomic E-state index is 14.1. The smallest absolute Gasteiger partial charge is 0.340 e. The molecular formula is C21H16F5N4O2S+. The van der Waals surface area contributed by atoms with E-state index in [0.29, 0.717) is 0 Å². The van der Waals surface area contributed by atoms with E-state index in [-0.39, 0.29) is 30.4 Å². The molecule has 0 aromatic heterocycles. The van der Waals surface area contributed by atoms with Crippen molar-refractivity contribution in [1.82, 2.24) is 4.90 Å². The average molecular weight is 483 g/mol. The van der Waals surface area contributed by atoms with Gasteiger partial charge < -0.3 is 5.32 Å². The molecule has 3 saturated heterocycles. The zero-order chi connectivity index (χ0) is 23.7. The van der Waals surface area contributed by atoms with E-state index >= 15 is 0 Å². The number of para-hydroxylation sites is 1. The van der Waals surface area contributed by atoms with Crippen LogP contribution in [0.25, 0.3) is 0 Å². The Morgan fingerprint density at radius 2 is 1.73 bits per heavy atom. The monoisotopic (exact) mass is 483 g/mol. The predicted molar refractivity (Wildman–Crippen MR) is 111 cm³/mol. The van der Waals surface area contributed by atoms with Gasteiger partial charge in [0.15, 0.2) is 12.1 Å². The summed E-state index contributed by atoms with van der Waals surface area (Å²) in [6, 6.07) is 4.90. The first-order valence-corrected chi connectivity index (χ1v) is 10.4. The lowest BCUT2D eigenvalue weighted by Gasteiger charge is -2.34. The third-order valence-corrected chi connectivity index (χ3v) is 6.78. The molecule has 0 saturated carbocycles. The Labute approximate surface area is 189 Å². The molecule has 172 valence electrons. The van der Waals surface area contributed by atoms with Gasteiger partial charge in [-0.05, 0) is 30.3 Å². The number of hydrogen-bond donors (Lipinski definition) is 1. The molecule has 4 atom stereocenters. The normalized spacial score (nSPS) is 28.4. The maximum Gasteiger partial charge on any atom is 0.433 e. The topological polar surface area (TPSA) is 52.7 Å². The number of piperazine rings is 1. The van der Waals surface area contributed by atoms with Crippen molar-refractivity contribution < 1.29 is 36.0 Å². The van der Waals surface area contributed by atoms with Crippen LogP contribution in [-0.4, -0.2) is 58.2 Å². The molecule has 4 unspecified atom stereocenters. The standard InChI is InChI=1S/C21H15F5N4O2S/c22-13-5-2-6-14(23)17(13)27-18(33)15-8-28-9-16-19(31)29(20(32)30(15,16)10-28)12-4-1-3-11(7-12)21(24,25)26/h1-7,15-16H,8-10H2/p+1. The quantitative estimate of drug-likeness (QED) is 0.312. The van der Waals surface area contributed by atoms with E-state index in [1.807, 2.05) is 4.90 Å². The molecule has 33 heavy (non-hydrogen) atoms. The molecule has 0 radical (unpaired) electrons. The molecule has 2 aromatic carbocycles. The highest BCUT2D eigenvalue weighted by Gasteiger charge is 2.72. The van der Waals surface area contributed by atoms with Crippen LogP contribution >= 0.6 is 12.2 Å². The van der Waals surface area contributed by atoms with E-state index < -0.39 is 57.6 Å². The Morgan fingerprint density at radius 3 is 2.39 bits per heavy atom. The van der Waals surface area contributed by atoms with Crippen LogP contribution in [0.1, 0.15) is 5.56 Å². The SMILES string of the molecule is O=C1C2CN3CC(C(=S)Nc4c(F)cccc4F)[N+]2(C3)C(=O)N1c1cccc(C(F)(F)F)c1. The summed E-state index contributed by atoms with van der Waals surface area (Å²) in [6.07, 6.45) is -4.65. The second kappa shape index (κ2) is 7.27. The van der Waals surface area contributed by atoms with Crippen LogP contribution in [0.4, 0.5) is 38.1 Å². The lowest BCUT2D eigenvalue weighted by molar-refractivity contribution is -0.851. The number of amides is 3. The number of thiocarbonyl (C=S) groups is 1. The number of anilines is 2. The Balaban J connectivity index is 1.50. The number of nitrogens with one attached hydrogen (secondary N) is 1. The fraction of sp³-hybridized carbons (Fsp3) is 0.286. The highest BCUT2D eigenvalue weighted by Crippen LogP contribution is 2.44. The molecule has 1 spiro atoms. The van der Waals surface area contributed by atoms with Gasteiger partial charge in [-0.1, -0.05) is 24.4 Å². The molecule has 5 rings (SSSR count).